The Morgan fingerprint density at radius 1 is 1.57 bits per heavy atom. The molecule has 1 saturated heterocycles. The van der Waals surface area contributed by atoms with Crippen LogP contribution in [0.4, 0.5) is 0 Å². The Bertz CT molecular complexity index is 213. The van der Waals surface area contributed by atoms with E-state index in [4.69, 9.17) is 5.11 Å². The molecule has 1 N–H and O–H groups in total. The van der Waals surface area contributed by atoms with Gasteiger partial charge < -0.3 is 10.0 Å². The molecule has 0 aromatic carbocycles. The Labute approximate surface area is 86.1 Å². The molecule has 1 atom stereocenters. The van der Waals surface area contributed by atoms with Crippen molar-refractivity contribution in [2.45, 2.75) is 46.1 Å². The molecule has 1 rings (SSSR count). The van der Waals surface area contributed by atoms with Crippen molar-refractivity contribution in [1.82, 2.24) is 4.90 Å². The monoisotopic (exact) mass is 199 g/mol. The molecular weight excluding hydrogens is 178 g/mol. The first-order valence-corrected chi connectivity index (χ1v) is 5.45. The third-order valence-electron chi connectivity index (χ3n) is 3.31. The van der Waals surface area contributed by atoms with Gasteiger partial charge in [-0.2, -0.15) is 0 Å². The van der Waals surface area contributed by atoms with Crippen LogP contribution in [0.25, 0.3) is 0 Å². The minimum absolute atomic E-state index is 0.0633. The van der Waals surface area contributed by atoms with Crippen LogP contribution in [0.3, 0.4) is 0 Å². The smallest absolute Gasteiger partial charge is 0.228 e. The zero-order chi connectivity index (χ0) is 10.8. The molecule has 3 nitrogen and oxygen atoms in total. The van der Waals surface area contributed by atoms with Crippen LogP contribution in [0.1, 0.15) is 40.0 Å². The molecule has 0 bridgehead atoms. The number of rotatable bonds is 3. The maximum absolute atomic E-state index is 12.1. The lowest BCUT2D eigenvalue weighted by molar-refractivity contribution is -0.142. The van der Waals surface area contributed by atoms with Gasteiger partial charge in [-0.15, -0.1) is 0 Å². The molecule has 0 unspecified atom stereocenters. The van der Waals surface area contributed by atoms with Gasteiger partial charge in [-0.1, -0.05) is 20.8 Å². The summed E-state index contributed by atoms with van der Waals surface area (Å²) < 4.78 is 0. The number of likely N-dealkylation sites (tertiary alicyclic amines) is 1. The Kier molecular flexibility index (Phi) is 3.53. The van der Waals surface area contributed by atoms with Crippen molar-refractivity contribution in [3.05, 3.63) is 0 Å². The zero-order valence-electron chi connectivity index (χ0n) is 9.42. The van der Waals surface area contributed by atoms with Gasteiger partial charge in [-0.3, -0.25) is 4.79 Å². The maximum Gasteiger partial charge on any atom is 0.228 e. The molecule has 82 valence electrons. The molecule has 3 heteroatoms. The molecule has 0 saturated carbocycles. The predicted octanol–water partition coefficient (Wildman–Crippen LogP) is 1.41. The number of aliphatic hydroxyl groups excluding tert-OH is 1. The number of aliphatic hydroxyl groups is 1. The highest BCUT2D eigenvalue weighted by Gasteiger charge is 2.36. The molecule has 1 amide bonds. The first-order chi connectivity index (χ1) is 6.53. The summed E-state index contributed by atoms with van der Waals surface area (Å²) in [7, 11) is 0. The van der Waals surface area contributed by atoms with Gasteiger partial charge in [0.25, 0.3) is 0 Å². The van der Waals surface area contributed by atoms with Crippen LogP contribution >= 0.6 is 0 Å². The van der Waals surface area contributed by atoms with Gasteiger partial charge >= 0.3 is 0 Å². The van der Waals surface area contributed by atoms with E-state index >= 15 is 0 Å². The number of amides is 1. The molecule has 1 aliphatic heterocycles. The summed E-state index contributed by atoms with van der Waals surface area (Å²) in [6, 6.07) is 0.0633. The van der Waals surface area contributed by atoms with Crippen LogP contribution in [0.15, 0.2) is 0 Å². The minimum Gasteiger partial charge on any atom is -0.394 e. The SMILES string of the molecule is CCC(C)(C)C(=O)N1CCC[C@H]1CO. The Hall–Kier alpha value is -0.570. The first-order valence-electron chi connectivity index (χ1n) is 5.45. The van der Waals surface area contributed by atoms with Gasteiger partial charge in [0, 0.05) is 12.0 Å². The highest BCUT2D eigenvalue weighted by molar-refractivity contribution is 5.82. The van der Waals surface area contributed by atoms with Crippen molar-refractivity contribution in [3.8, 4) is 0 Å². The van der Waals surface area contributed by atoms with E-state index in [1.807, 2.05) is 25.7 Å². The quantitative estimate of drug-likeness (QED) is 0.746. The van der Waals surface area contributed by atoms with E-state index in [2.05, 4.69) is 0 Å². The molecule has 0 aliphatic carbocycles. The van der Waals surface area contributed by atoms with Crippen LogP contribution in [-0.2, 0) is 4.79 Å². The molecule has 1 heterocycles. The predicted molar refractivity (Wildman–Crippen MR) is 55.9 cm³/mol. The van der Waals surface area contributed by atoms with Crippen molar-refractivity contribution < 1.29 is 9.90 Å². The number of carbonyl (C=O) groups is 1. The van der Waals surface area contributed by atoms with Crippen LogP contribution in [0.5, 0.6) is 0 Å². The van der Waals surface area contributed by atoms with E-state index in [1.54, 1.807) is 0 Å². The summed E-state index contributed by atoms with van der Waals surface area (Å²) >= 11 is 0. The number of nitrogens with zero attached hydrogens (tertiary/aromatic N) is 1. The second kappa shape index (κ2) is 4.30. The average molecular weight is 199 g/mol. The standard InChI is InChI=1S/C11H21NO2/c1-4-11(2,3)10(14)12-7-5-6-9(12)8-13/h9,13H,4-8H2,1-3H3/t9-/m0/s1. The molecule has 0 spiro atoms. The molecule has 14 heavy (non-hydrogen) atoms. The highest BCUT2D eigenvalue weighted by atomic mass is 16.3. The Morgan fingerprint density at radius 3 is 2.71 bits per heavy atom. The van der Waals surface area contributed by atoms with E-state index < -0.39 is 0 Å². The fraction of sp³-hybridized carbons (Fsp3) is 0.909. The van der Waals surface area contributed by atoms with Crippen molar-refractivity contribution in [3.63, 3.8) is 0 Å². The van der Waals surface area contributed by atoms with Crippen molar-refractivity contribution >= 4 is 5.91 Å². The van der Waals surface area contributed by atoms with Gasteiger partial charge in [0.1, 0.15) is 0 Å². The molecule has 0 aromatic heterocycles. The minimum atomic E-state index is -0.280. The lowest BCUT2D eigenvalue weighted by Gasteiger charge is -2.31. The van der Waals surface area contributed by atoms with Gasteiger partial charge in [-0.25, -0.2) is 0 Å². The van der Waals surface area contributed by atoms with E-state index in [9.17, 15) is 4.79 Å². The largest absolute Gasteiger partial charge is 0.394 e. The summed E-state index contributed by atoms with van der Waals surface area (Å²) in [6.07, 6.45) is 2.82. The Balaban J connectivity index is 2.69. The number of carbonyl (C=O) groups excluding carboxylic acids is 1. The fourth-order valence-electron chi connectivity index (χ4n) is 1.83. The zero-order valence-corrected chi connectivity index (χ0v) is 9.42. The molecule has 1 fully saturated rings. The summed E-state index contributed by atoms with van der Waals surface area (Å²) in [5.41, 5.74) is -0.280. The topological polar surface area (TPSA) is 40.5 Å². The molecular formula is C11H21NO2. The second-order valence-corrected chi connectivity index (χ2v) is 4.71. The lowest BCUT2D eigenvalue weighted by atomic mass is 9.88. The normalized spacial score (nSPS) is 22.9. The van der Waals surface area contributed by atoms with E-state index in [0.29, 0.717) is 0 Å². The second-order valence-electron chi connectivity index (χ2n) is 4.71. The number of hydrogen-bond donors (Lipinski definition) is 1. The van der Waals surface area contributed by atoms with Gasteiger partial charge in [0.05, 0.1) is 12.6 Å². The highest BCUT2D eigenvalue weighted by Crippen LogP contribution is 2.27. The summed E-state index contributed by atoms with van der Waals surface area (Å²) in [4.78, 5) is 13.9. The fourth-order valence-corrected chi connectivity index (χ4v) is 1.83. The van der Waals surface area contributed by atoms with Crippen LogP contribution in [0, 0.1) is 5.41 Å². The lowest BCUT2D eigenvalue weighted by Crippen LogP contribution is -2.44. The van der Waals surface area contributed by atoms with E-state index in [0.717, 1.165) is 25.8 Å². The molecule has 0 aromatic rings. The van der Waals surface area contributed by atoms with Gasteiger partial charge in [0.2, 0.25) is 5.91 Å². The van der Waals surface area contributed by atoms with Crippen molar-refractivity contribution in [2.75, 3.05) is 13.2 Å². The van der Waals surface area contributed by atoms with Gasteiger partial charge in [0.15, 0.2) is 0 Å². The number of hydrogen-bond acceptors (Lipinski definition) is 2. The van der Waals surface area contributed by atoms with Crippen LogP contribution in [-0.4, -0.2) is 35.1 Å². The van der Waals surface area contributed by atoms with Crippen molar-refractivity contribution in [2.24, 2.45) is 5.41 Å². The first kappa shape index (κ1) is 11.5. The average Bonchev–Trinajstić information content (AvgIpc) is 2.64. The maximum atomic E-state index is 12.1. The Morgan fingerprint density at radius 2 is 2.21 bits per heavy atom. The van der Waals surface area contributed by atoms with Gasteiger partial charge in [-0.05, 0) is 19.3 Å². The molecule has 1 aliphatic rings. The van der Waals surface area contributed by atoms with Crippen LogP contribution < -0.4 is 0 Å². The molecule has 0 radical (unpaired) electrons. The summed E-state index contributed by atoms with van der Waals surface area (Å²) in [5, 5.41) is 9.13. The van der Waals surface area contributed by atoms with E-state index in [-0.39, 0.29) is 24.0 Å². The summed E-state index contributed by atoms with van der Waals surface area (Å²) in [5.74, 6) is 0.191. The van der Waals surface area contributed by atoms with E-state index in [1.165, 1.54) is 0 Å². The third kappa shape index (κ3) is 2.08. The summed E-state index contributed by atoms with van der Waals surface area (Å²) in [6.45, 7) is 6.89. The van der Waals surface area contributed by atoms with Crippen molar-refractivity contribution in [1.29, 1.82) is 0 Å². The van der Waals surface area contributed by atoms with Crippen LogP contribution in [0.2, 0.25) is 0 Å². The third-order valence-corrected chi connectivity index (χ3v) is 3.31.